The van der Waals surface area contributed by atoms with Gasteiger partial charge in [0.05, 0.1) is 12.8 Å². The Bertz CT molecular complexity index is 1150. The number of hydrogen-bond donors (Lipinski definition) is 3. The lowest BCUT2D eigenvalue weighted by Crippen LogP contribution is -2.28. The van der Waals surface area contributed by atoms with Crippen molar-refractivity contribution in [2.45, 2.75) is 19.1 Å². The Labute approximate surface area is 191 Å². The van der Waals surface area contributed by atoms with Crippen LogP contribution in [0.4, 0.5) is 10.5 Å². The van der Waals surface area contributed by atoms with Gasteiger partial charge in [0.1, 0.15) is 6.10 Å². The van der Waals surface area contributed by atoms with Gasteiger partial charge in [0.25, 0.3) is 0 Å². The van der Waals surface area contributed by atoms with Crippen LogP contribution in [0.15, 0.2) is 72.8 Å². The maximum absolute atomic E-state index is 12.9. The fourth-order valence-corrected chi connectivity index (χ4v) is 3.41. The van der Waals surface area contributed by atoms with Crippen LogP contribution in [-0.2, 0) is 14.3 Å². The van der Waals surface area contributed by atoms with Crippen LogP contribution in [0.2, 0.25) is 0 Å². The third-order valence-corrected chi connectivity index (χ3v) is 4.88. The van der Waals surface area contributed by atoms with Crippen LogP contribution in [0.5, 0.6) is 11.5 Å². The van der Waals surface area contributed by atoms with Gasteiger partial charge >= 0.3 is 12.1 Å². The van der Waals surface area contributed by atoms with E-state index in [2.05, 4.69) is 5.32 Å². The summed E-state index contributed by atoms with van der Waals surface area (Å²) in [5, 5.41) is 23.8. The summed E-state index contributed by atoms with van der Waals surface area (Å²) < 4.78 is 16.4. The number of phenolic OH excluding ortho intramolecular Hbond substituents is 1. The molecule has 3 rings (SSSR count). The minimum Gasteiger partial charge on any atom is -0.504 e. The van der Waals surface area contributed by atoms with Gasteiger partial charge in [-0.15, -0.1) is 0 Å². The highest BCUT2D eigenvalue weighted by Gasteiger charge is 2.27. The third-order valence-electron chi connectivity index (χ3n) is 4.88. The predicted molar refractivity (Wildman–Crippen MR) is 124 cm³/mol. The summed E-state index contributed by atoms with van der Waals surface area (Å²) >= 11 is 0. The van der Waals surface area contributed by atoms with Crippen molar-refractivity contribution in [3.63, 3.8) is 0 Å². The fraction of sp³-hybridized carbons (Fsp3) is 0.200. The molecule has 33 heavy (non-hydrogen) atoms. The number of aromatic hydroxyl groups is 1. The number of methoxy groups -OCH3 is 1. The van der Waals surface area contributed by atoms with E-state index in [0.717, 1.165) is 16.8 Å². The van der Waals surface area contributed by atoms with Crippen LogP contribution in [-0.4, -0.2) is 42.1 Å². The van der Waals surface area contributed by atoms with Crippen molar-refractivity contribution in [3.8, 4) is 11.5 Å². The zero-order valence-electron chi connectivity index (χ0n) is 18.2. The van der Waals surface area contributed by atoms with Gasteiger partial charge in [-0.25, -0.2) is 9.59 Å². The first-order valence-electron chi connectivity index (χ1n) is 10.3. The normalized spacial score (nSPS) is 12.9. The zero-order chi connectivity index (χ0) is 23.8. The van der Waals surface area contributed by atoms with Crippen LogP contribution in [0, 0.1) is 0 Å². The maximum Gasteiger partial charge on any atom is 0.412 e. The summed E-state index contributed by atoms with van der Waals surface area (Å²) in [4.78, 5) is 24.0. The molecule has 3 N–H and O–H groups in total. The molecule has 172 valence electrons. The lowest BCUT2D eigenvalue weighted by Gasteiger charge is -2.25. The van der Waals surface area contributed by atoms with Crippen LogP contribution in [0.25, 0.3) is 10.8 Å². The number of nitrogens with one attached hydrogen (secondary N) is 1. The molecular weight excluding hydrogens is 426 g/mol. The molecule has 0 saturated heterocycles. The van der Waals surface area contributed by atoms with Gasteiger partial charge in [0.15, 0.2) is 17.6 Å². The van der Waals surface area contributed by atoms with Crippen molar-refractivity contribution in [1.82, 2.24) is 0 Å². The number of ether oxygens (including phenoxy) is 3. The highest BCUT2D eigenvalue weighted by Crippen LogP contribution is 2.33. The Hall–Kier alpha value is -4.04. The fourth-order valence-electron chi connectivity index (χ4n) is 3.41. The number of rotatable bonds is 9. The van der Waals surface area contributed by atoms with Gasteiger partial charge in [0, 0.05) is 18.1 Å². The molecule has 8 heteroatoms. The Kier molecular flexibility index (Phi) is 7.88. The van der Waals surface area contributed by atoms with E-state index >= 15 is 0 Å². The summed E-state index contributed by atoms with van der Waals surface area (Å²) in [6, 6.07) is 17.6. The maximum atomic E-state index is 12.9. The average molecular weight is 451 g/mol. The number of carboxylic acid groups (broad SMARTS) is 1. The van der Waals surface area contributed by atoms with E-state index < -0.39 is 24.3 Å². The molecule has 1 amide bonds. The lowest BCUT2D eigenvalue weighted by molar-refractivity contribution is -0.131. The van der Waals surface area contributed by atoms with Crippen LogP contribution in [0.1, 0.15) is 18.6 Å². The number of hydrogen-bond acceptors (Lipinski definition) is 6. The molecule has 0 aromatic heterocycles. The van der Waals surface area contributed by atoms with E-state index in [1.807, 2.05) is 36.4 Å². The third kappa shape index (κ3) is 6.02. The van der Waals surface area contributed by atoms with Crippen molar-refractivity contribution in [2.24, 2.45) is 0 Å². The number of aliphatic carboxylic acids is 1. The van der Waals surface area contributed by atoms with Crippen molar-refractivity contribution in [2.75, 3.05) is 19.0 Å². The molecule has 2 atom stereocenters. The van der Waals surface area contributed by atoms with E-state index in [9.17, 15) is 14.7 Å². The second kappa shape index (κ2) is 11.0. The number of amides is 1. The summed E-state index contributed by atoms with van der Waals surface area (Å²) in [6.45, 7) is 1.97. The number of carboxylic acids is 1. The standard InChI is InChI=1S/C25H25NO7/c1-3-32-22(13-14-23(28)29)24(17-11-12-21(31-2)20(27)15-17)33-25(30)26-19-10-6-8-16-7-4-5-9-18(16)19/h4-15,22,24,27H,3H2,1-2H3,(H,26,30)(H,28,29)/b14-13+/t22-,24-/m1/s1. The van der Waals surface area contributed by atoms with E-state index in [1.165, 1.54) is 25.3 Å². The molecule has 0 saturated carbocycles. The Morgan fingerprint density at radius 1 is 1.09 bits per heavy atom. The van der Waals surface area contributed by atoms with Gasteiger partial charge in [-0.1, -0.05) is 42.5 Å². The van der Waals surface area contributed by atoms with Gasteiger partial charge in [-0.3, -0.25) is 5.32 Å². The molecule has 0 radical (unpaired) electrons. The van der Waals surface area contributed by atoms with Crippen molar-refractivity contribution in [1.29, 1.82) is 0 Å². The molecule has 8 nitrogen and oxygen atoms in total. The number of anilines is 1. The quantitative estimate of drug-likeness (QED) is 0.397. The minimum atomic E-state index is -1.17. The lowest BCUT2D eigenvalue weighted by atomic mass is 10.0. The topological polar surface area (TPSA) is 114 Å². The summed E-state index contributed by atoms with van der Waals surface area (Å²) in [5.41, 5.74) is 0.957. The number of carbonyl (C=O) groups is 2. The first-order chi connectivity index (χ1) is 15.9. The second-order valence-corrected chi connectivity index (χ2v) is 7.03. The van der Waals surface area contributed by atoms with Gasteiger partial charge in [-0.2, -0.15) is 0 Å². The van der Waals surface area contributed by atoms with Crippen molar-refractivity contribution < 1.29 is 34.0 Å². The van der Waals surface area contributed by atoms with E-state index in [4.69, 9.17) is 19.3 Å². The van der Waals surface area contributed by atoms with Crippen molar-refractivity contribution in [3.05, 3.63) is 78.4 Å². The molecule has 0 spiro atoms. The molecule has 3 aromatic rings. The van der Waals surface area contributed by atoms with Crippen LogP contribution in [0.3, 0.4) is 0 Å². The highest BCUT2D eigenvalue weighted by molar-refractivity contribution is 6.00. The molecule has 3 aromatic carbocycles. The van der Waals surface area contributed by atoms with E-state index in [1.54, 1.807) is 19.1 Å². The molecule has 0 heterocycles. The number of carbonyl (C=O) groups excluding carboxylic acids is 1. The molecular formula is C25H25NO7. The predicted octanol–water partition coefficient (Wildman–Crippen LogP) is 4.89. The largest absolute Gasteiger partial charge is 0.504 e. The van der Waals surface area contributed by atoms with Crippen molar-refractivity contribution >= 4 is 28.5 Å². The molecule has 0 aliphatic rings. The first-order valence-corrected chi connectivity index (χ1v) is 10.3. The molecule has 0 aliphatic heterocycles. The number of phenols is 1. The molecule has 0 fully saturated rings. The molecule has 0 unspecified atom stereocenters. The van der Waals surface area contributed by atoms with Gasteiger partial charge < -0.3 is 24.4 Å². The summed E-state index contributed by atoms with van der Waals surface area (Å²) in [6.07, 6.45) is -0.518. The monoisotopic (exact) mass is 451 g/mol. The smallest absolute Gasteiger partial charge is 0.412 e. The SMILES string of the molecule is CCO[C@H](/C=C/C(=O)O)[C@H](OC(=O)Nc1cccc2ccccc12)c1ccc(OC)c(O)c1. The van der Waals surface area contributed by atoms with E-state index in [-0.39, 0.29) is 18.1 Å². The number of fused-ring (bicyclic) bond motifs is 1. The summed E-state index contributed by atoms with van der Waals surface area (Å²) in [7, 11) is 1.42. The van der Waals surface area contributed by atoms with Gasteiger partial charge in [-0.05, 0) is 42.1 Å². The highest BCUT2D eigenvalue weighted by atomic mass is 16.6. The molecule has 0 aliphatic carbocycles. The summed E-state index contributed by atoms with van der Waals surface area (Å²) in [5.74, 6) is -1.08. The average Bonchev–Trinajstić information content (AvgIpc) is 2.80. The van der Waals surface area contributed by atoms with Gasteiger partial charge in [0.2, 0.25) is 0 Å². The van der Waals surface area contributed by atoms with Crippen LogP contribution >= 0.6 is 0 Å². The Morgan fingerprint density at radius 2 is 1.85 bits per heavy atom. The Morgan fingerprint density at radius 3 is 2.55 bits per heavy atom. The Balaban J connectivity index is 1.93. The number of benzene rings is 3. The van der Waals surface area contributed by atoms with E-state index in [0.29, 0.717) is 11.3 Å². The second-order valence-electron chi connectivity index (χ2n) is 7.03. The van der Waals surface area contributed by atoms with Crippen LogP contribution < -0.4 is 10.1 Å². The molecule has 0 bridgehead atoms. The zero-order valence-corrected chi connectivity index (χ0v) is 18.2. The minimum absolute atomic E-state index is 0.157. The first kappa shape index (κ1) is 23.6.